The topological polar surface area (TPSA) is 12.0 Å². The smallest absolute Gasteiger partial charge is 0.0527 e. The van der Waals surface area contributed by atoms with E-state index in [0.717, 1.165) is 19.4 Å². The van der Waals surface area contributed by atoms with E-state index in [2.05, 4.69) is 68.7 Å². The molecular weight excluding hydrogens is 318 g/mol. The van der Waals surface area contributed by atoms with E-state index < -0.39 is 0 Å². The third-order valence-corrected chi connectivity index (χ3v) is 4.68. The minimum absolute atomic E-state index is 0.203. The van der Waals surface area contributed by atoms with Crippen molar-refractivity contribution in [2.24, 2.45) is 0 Å². The Morgan fingerprint density at radius 3 is 2.17 bits per heavy atom. The van der Waals surface area contributed by atoms with Crippen LogP contribution < -0.4 is 5.32 Å². The molecule has 1 nitrogen and oxygen atoms in total. The first kappa shape index (κ1) is 20.8. The largest absolute Gasteiger partial charge is 0.385 e. The average Bonchev–Trinajstić information content (AvgIpc) is 2.51. The first-order valence-corrected chi connectivity index (χ1v) is 10.2. The van der Waals surface area contributed by atoms with Gasteiger partial charge in [-0.2, -0.15) is 25.3 Å². The van der Waals surface area contributed by atoms with Crippen molar-refractivity contribution in [1.82, 2.24) is 0 Å². The zero-order valence-corrected chi connectivity index (χ0v) is 16.8. The first-order valence-electron chi connectivity index (χ1n) is 9.29. The molecular formula is C20H35NS2. The summed E-state index contributed by atoms with van der Waals surface area (Å²) in [6.45, 7) is 5.40. The Morgan fingerprint density at radius 2 is 1.52 bits per heavy atom. The number of hydrogen-bond acceptors (Lipinski definition) is 3. The van der Waals surface area contributed by atoms with E-state index in [0.29, 0.717) is 0 Å². The molecule has 132 valence electrons. The van der Waals surface area contributed by atoms with Crippen molar-refractivity contribution in [3.05, 3.63) is 29.8 Å². The van der Waals surface area contributed by atoms with E-state index in [1.807, 2.05) is 0 Å². The maximum atomic E-state index is 4.50. The molecule has 0 radical (unpaired) electrons. The molecule has 0 atom stereocenters. The van der Waals surface area contributed by atoms with Crippen LogP contribution in [-0.2, 0) is 6.42 Å². The SMILES string of the molecule is CCCCCCCCCCNc1ccccc1CCC(C)(S)S. The summed E-state index contributed by atoms with van der Waals surface area (Å²) in [6, 6.07) is 8.63. The van der Waals surface area contributed by atoms with Crippen molar-refractivity contribution in [2.45, 2.75) is 82.1 Å². The Bertz CT molecular complexity index is 412. The number of nitrogens with one attached hydrogen (secondary N) is 1. The fourth-order valence-corrected chi connectivity index (χ4v) is 2.99. The van der Waals surface area contributed by atoms with Gasteiger partial charge in [0.2, 0.25) is 0 Å². The van der Waals surface area contributed by atoms with Gasteiger partial charge in [0.05, 0.1) is 4.08 Å². The number of benzene rings is 1. The molecule has 1 aromatic rings. The lowest BCUT2D eigenvalue weighted by Crippen LogP contribution is -2.10. The maximum Gasteiger partial charge on any atom is 0.0527 e. The molecule has 0 aliphatic carbocycles. The molecule has 23 heavy (non-hydrogen) atoms. The van der Waals surface area contributed by atoms with E-state index in [-0.39, 0.29) is 4.08 Å². The molecule has 1 N–H and O–H groups in total. The molecule has 0 spiro atoms. The monoisotopic (exact) mass is 353 g/mol. The van der Waals surface area contributed by atoms with Crippen LogP contribution in [0.1, 0.15) is 77.2 Å². The molecule has 3 heteroatoms. The molecule has 0 aromatic heterocycles. The van der Waals surface area contributed by atoms with Crippen LogP contribution in [0.4, 0.5) is 5.69 Å². The lowest BCUT2D eigenvalue weighted by Gasteiger charge is -2.18. The fraction of sp³-hybridized carbons (Fsp3) is 0.700. The van der Waals surface area contributed by atoms with Crippen molar-refractivity contribution in [2.75, 3.05) is 11.9 Å². The summed E-state index contributed by atoms with van der Waals surface area (Å²) in [7, 11) is 0. The summed E-state index contributed by atoms with van der Waals surface area (Å²) in [5.74, 6) is 0. The molecule has 0 unspecified atom stereocenters. The lowest BCUT2D eigenvalue weighted by atomic mass is 10.1. The zero-order valence-electron chi connectivity index (χ0n) is 15.0. The van der Waals surface area contributed by atoms with Crippen LogP contribution in [0.25, 0.3) is 0 Å². The highest BCUT2D eigenvalue weighted by Crippen LogP contribution is 2.27. The highest BCUT2D eigenvalue weighted by atomic mass is 32.2. The van der Waals surface area contributed by atoms with Crippen LogP contribution in [0.5, 0.6) is 0 Å². The van der Waals surface area contributed by atoms with Gasteiger partial charge in [-0.05, 0) is 37.8 Å². The molecule has 1 rings (SSSR count). The van der Waals surface area contributed by atoms with Gasteiger partial charge in [0.25, 0.3) is 0 Å². The summed E-state index contributed by atoms with van der Waals surface area (Å²) in [6.07, 6.45) is 12.9. The third-order valence-electron chi connectivity index (χ3n) is 4.23. The molecule has 0 aliphatic rings. The highest BCUT2D eigenvalue weighted by molar-refractivity contribution is 8.00. The quantitative estimate of drug-likeness (QED) is 0.202. The van der Waals surface area contributed by atoms with Crippen LogP contribution >= 0.6 is 25.3 Å². The molecule has 0 amide bonds. The second-order valence-corrected chi connectivity index (χ2v) is 9.10. The molecule has 0 fully saturated rings. The van der Waals surface area contributed by atoms with Gasteiger partial charge in [-0.3, -0.25) is 0 Å². The van der Waals surface area contributed by atoms with Gasteiger partial charge in [0.15, 0.2) is 0 Å². The Morgan fingerprint density at radius 1 is 0.913 bits per heavy atom. The van der Waals surface area contributed by atoms with Crippen molar-refractivity contribution in [3.63, 3.8) is 0 Å². The number of thiol groups is 2. The van der Waals surface area contributed by atoms with Crippen LogP contribution in [-0.4, -0.2) is 10.6 Å². The fourth-order valence-electron chi connectivity index (χ4n) is 2.76. The van der Waals surface area contributed by atoms with Crippen molar-refractivity contribution >= 4 is 30.9 Å². The summed E-state index contributed by atoms with van der Waals surface area (Å²) < 4.78 is -0.203. The lowest BCUT2D eigenvalue weighted by molar-refractivity contribution is 0.581. The van der Waals surface area contributed by atoms with Gasteiger partial charge in [-0.1, -0.05) is 70.1 Å². The van der Waals surface area contributed by atoms with E-state index in [9.17, 15) is 0 Å². The van der Waals surface area contributed by atoms with Gasteiger partial charge in [0.1, 0.15) is 0 Å². The first-order chi connectivity index (χ1) is 11.0. The van der Waals surface area contributed by atoms with Gasteiger partial charge >= 0.3 is 0 Å². The van der Waals surface area contributed by atoms with Crippen molar-refractivity contribution in [1.29, 1.82) is 0 Å². The normalized spacial score (nSPS) is 11.7. The molecule has 0 heterocycles. The predicted octanol–water partition coefficient (Wildman–Crippen LogP) is 6.75. The maximum absolute atomic E-state index is 4.50. The average molecular weight is 354 g/mol. The second kappa shape index (κ2) is 12.1. The van der Waals surface area contributed by atoms with E-state index in [1.54, 1.807) is 0 Å². The second-order valence-electron chi connectivity index (χ2n) is 6.78. The zero-order chi connectivity index (χ0) is 17.0. The Hall–Kier alpha value is -0.280. The molecule has 0 aliphatic heterocycles. The van der Waals surface area contributed by atoms with Gasteiger partial charge < -0.3 is 5.32 Å². The number of hydrogen-bond donors (Lipinski definition) is 3. The van der Waals surface area contributed by atoms with Gasteiger partial charge in [0, 0.05) is 12.2 Å². The predicted molar refractivity (Wildman–Crippen MR) is 112 cm³/mol. The van der Waals surface area contributed by atoms with Crippen molar-refractivity contribution in [3.8, 4) is 0 Å². The highest BCUT2D eigenvalue weighted by Gasteiger charge is 2.13. The summed E-state index contributed by atoms with van der Waals surface area (Å²) >= 11 is 9.00. The Kier molecular flexibility index (Phi) is 11.0. The van der Waals surface area contributed by atoms with Gasteiger partial charge in [-0.15, -0.1) is 0 Å². The Balaban J connectivity index is 2.19. The number of unbranched alkanes of at least 4 members (excludes halogenated alkanes) is 7. The molecule has 1 aromatic carbocycles. The number of anilines is 1. The van der Waals surface area contributed by atoms with E-state index >= 15 is 0 Å². The van der Waals surface area contributed by atoms with Gasteiger partial charge in [-0.25, -0.2) is 0 Å². The standard InChI is InChI=1S/C20H35NS2/c1-3-4-5-6-7-8-9-12-17-21-19-14-11-10-13-18(19)15-16-20(2,22)23/h10-11,13-14,21-23H,3-9,12,15-17H2,1-2H3. The van der Waals surface area contributed by atoms with Crippen LogP contribution in [0.3, 0.4) is 0 Å². The summed E-state index contributed by atoms with van der Waals surface area (Å²) in [5.41, 5.74) is 2.66. The summed E-state index contributed by atoms with van der Waals surface area (Å²) in [4.78, 5) is 0. The molecule has 0 saturated heterocycles. The number of rotatable bonds is 13. The third kappa shape index (κ3) is 11.0. The minimum Gasteiger partial charge on any atom is -0.385 e. The summed E-state index contributed by atoms with van der Waals surface area (Å²) in [5, 5.41) is 3.61. The minimum atomic E-state index is -0.203. The van der Waals surface area contributed by atoms with E-state index in [4.69, 9.17) is 0 Å². The van der Waals surface area contributed by atoms with Crippen molar-refractivity contribution < 1.29 is 0 Å². The van der Waals surface area contributed by atoms with Crippen LogP contribution in [0, 0.1) is 0 Å². The van der Waals surface area contributed by atoms with E-state index in [1.165, 1.54) is 62.6 Å². The Labute approximate surface area is 154 Å². The van der Waals surface area contributed by atoms with Crippen LogP contribution in [0.15, 0.2) is 24.3 Å². The number of para-hydroxylation sites is 1. The number of aryl methyl sites for hydroxylation is 1. The molecule has 0 bridgehead atoms. The van der Waals surface area contributed by atoms with Crippen LogP contribution in [0.2, 0.25) is 0 Å². The molecule has 0 saturated carbocycles.